The predicted octanol–water partition coefficient (Wildman–Crippen LogP) is 3.97. The average Bonchev–Trinajstić information content (AvgIpc) is 3.65. The zero-order valence-electron chi connectivity index (χ0n) is 19.6. The number of methoxy groups -OCH3 is 1. The maximum atomic E-state index is 12.2. The largest absolute Gasteiger partial charge is 0.496 e. The molecule has 9 heteroatoms. The molecule has 2 aromatic heterocycles. The number of ether oxygens (including phenoxy) is 1. The van der Waals surface area contributed by atoms with Crippen molar-refractivity contribution >= 4 is 34.4 Å². The van der Waals surface area contributed by atoms with Gasteiger partial charge in [0.25, 0.3) is 0 Å². The van der Waals surface area contributed by atoms with Gasteiger partial charge in [0.2, 0.25) is 5.91 Å². The summed E-state index contributed by atoms with van der Waals surface area (Å²) in [6, 6.07) is 6.14. The first-order chi connectivity index (χ1) is 17.0. The minimum atomic E-state index is -0.287. The molecule has 8 nitrogen and oxygen atoms in total. The van der Waals surface area contributed by atoms with Crippen LogP contribution in [0.25, 0.3) is 22.6 Å². The Morgan fingerprint density at radius 1 is 1.29 bits per heavy atom. The van der Waals surface area contributed by atoms with Crippen LogP contribution in [-0.4, -0.2) is 52.0 Å². The first-order valence-electron chi connectivity index (χ1n) is 12.2. The van der Waals surface area contributed by atoms with E-state index in [1.54, 1.807) is 13.3 Å². The maximum absolute atomic E-state index is 12.2. The van der Waals surface area contributed by atoms with Gasteiger partial charge in [0, 0.05) is 12.6 Å². The molecule has 2 bridgehead atoms. The van der Waals surface area contributed by atoms with Gasteiger partial charge in [0.05, 0.1) is 35.5 Å². The normalized spacial score (nSPS) is 25.5. The lowest BCUT2D eigenvalue weighted by molar-refractivity contribution is -0.122. The van der Waals surface area contributed by atoms with E-state index in [1.165, 1.54) is 18.4 Å². The monoisotopic (exact) mass is 492 g/mol. The predicted molar refractivity (Wildman–Crippen MR) is 136 cm³/mol. The van der Waals surface area contributed by atoms with E-state index < -0.39 is 0 Å². The topological polar surface area (TPSA) is 109 Å². The zero-order chi connectivity index (χ0) is 24.1. The van der Waals surface area contributed by atoms with Crippen molar-refractivity contribution in [2.45, 2.75) is 31.8 Å². The summed E-state index contributed by atoms with van der Waals surface area (Å²) in [6.45, 7) is 3.21. The van der Waals surface area contributed by atoms with Crippen molar-refractivity contribution in [1.82, 2.24) is 19.9 Å². The number of hydrogen-bond donors (Lipinski definition) is 3. The Hall–Kier alpha value is -3.10. The van der Waals surface area contributed by atoms with E-state index in [9.17, 15) is 4.79 Å². The third kappa shape index (κ3) is 3.94. The number of primary amides is 1. The van der Waals surface area contributed by atoms with E-state index in [0.29, 0.717) is 27.7 Å². The molecule has 1 saturated heterocycles. The van der Waals surface area contributed by atoms with Gasteiger partial charge in [-0.25, -0.2) is 9.97 Å². The molecule has 3 heterocycles. The number of hydrogen-bond acceptors (Lipinski definition) is 6. The van der Waals surface area contributed by atoms with E-state index in [-0.39, 0.29) is 29.7 Å². The first kappa shape index (κ1) is 22.4. The molecular formula is C26H29ClN6O2. The van der Waals surface area contributed by atoms with Gasteiger partial charge in [-0.3, -0.25) is 9.69 Å². The van der Waals surface area contributed by atoms with E-state index in [0.717, 1.165) is 37.4 Å². The van der Waals surface area contributed by atoms with Crippen LogP contribution in [0.4, 0.5) is 5.69 Å². The number of aromatic nitrogens is 3. The van der Waals surface area contributed by atoms with Crippen molar-refractivity contribution in [1.29, 1.82) is 0 Å². The van der Waals surface area contributed by atoms with Crippen molar-refractivity contribution in [3.63, 3.8) is 0 Å². The molecular weight excluding hydrogens is 464 g/mol. The summed E-state index contributed by atoms with van der Waals surface area (Å²) in [5, 5.41) is 3.99. The number of amides is 1. The minimum Gasteiger partial charge on any atom is -0.496 e. The van der Waals surface area contributed by atoms with E-state index in [1.807, 2.05) is 6.07 Å². The van der Waals surface area contributed by atoms with Crippen LogP contribution in [0.3, 0.4) is 0 Å². The Kier molecular flexibility index (Phi) is 5.65. The van der Waals surface area contributed by atoms with Crippen LogP contribution in [0, 0.1) is 17.8 Å². The summed E-state index contributed by atoms with van der Waals surface area (Å²) in [5.41, 5.74) is 9.77. The summed E-state index contributed by atoms with van der Waals surface area (Å²) < 4.78 is 5.74. The molecule has 0 unspecified atom stereocenters. The third-order valence-electron chi connectivity index (χ3n) is 7.70. The van der Waals surface area contributed by atoms with Crippen molar-refractivity contribution in [3.8, 4) is 17.1 Å². The number of nitrogens with one attached hydrogen (secondary N) is 2. The van der Waals surface area contributed by atoms with Gasteiger partial charge in [0.15, 0.2) is 5.65 Å². The van der Waals surface area contributed by atoms with E-state index in [4.69, 9.17) is 27.1 Å². The second kappa shape index (κ2) is 8.84. The number of fused-ring (bicyclic) bond motifs is 3. The number of rotatable bonds is 7. The Morgan fingerprint density at radius 2 is 2.09 bits per heavy atom. The molecule has 2 aliphatic carbocycles. The summed E-state index contributed by atoms with van der Waals surface area (Å²) in [4.78, 5) is 27.3. The van der Waals surface area contributed by atoms with Gasteiger partial charge < -0.3 is 20.8 Å². The second-order valence-electron chi connectivity index (χ2n) is 9.83. The quantitative estimate of drug-likeness (QED) is 0.430. The molecule has 1 amide bonds. The number of aromatic amines is 1. The minimum absolute atomic E-state index is 0.114. The molecule has 0 radical (unpaired) electrons. The van der Waals surface area contributed by atoms with Gasteiger partial charge in [-0.05, 0) is 61.9 Å². The second-order valence-corrected chi connectivity index (χ2v) is 10.2. The molecule has 1 aromatic carbocycles. The van der Waals surface area contributed by atoms with Gasteiger partial charge in [-0.15, -0.1) is 0 Å². The number of carbonyl (C=O) groups is 1. The zero-order valence-corrected chi connectivity index (χ0v) is 20.4. The number of halogens is 1. The van der Waals surface area contributed by atoms with Crippen LogP contribution < -0.4 is 15.8 Å². The van der Waals surface area contributed by atoms with Crippen LogP contribution in [0.2, 0.25) is 5.02 Å². The highest BCUT2D eigenvalue weighted by Gasteiger charge is 2.47. The van der Waals surface area contributed by atoms with Crippen molar-refractivity contribution in [3.05, 3.63) is 47.1 Å². The summed E-state index contributed by atoms with van der Waals surface area (Å²) in [5.74, 6) is 1.27. The van der Waals surface area contributed by atoms with Gasteiger partial charge >= 0.3 is 0 Å². The molecule has 4 atom stereocenters. The van der Waals surface area contributed by atoms with Gasteiger partial charge in [-0.1, -0.05) is 29.8 Å². The summed E-state index contributed by atoms with van der Waals surface area (Å²) in [6.07, 6.45) is 9.32. The lowest BCUT2D eigenvalue weighted by Gasteiger charge is -2.28. The number of pyridine rings is 1. The number of nitrogens with two attached hydrogens (primary N) is 1. The highest BCUT2D eigenvalue weighted by Crippen LogP contribution is 2.46. The molecule has 35 heavy (non-hydrogen) atoms. The molecule has 1 aliphatic heterocycles. The molecule has 2 fully saturated rings. The van der Waals surface area contributed by atoms with Crippen LogP contribution in [0.1, 0.15) is 24.8 Å². The molecule has 4 N–H and O–H groups in total. The molecule has 0 spiro atoms. The van der Waals surface area contributed by atoms with Crippen LogP contribution in [0.15, 0.2) is 36.5 Å². The Balaban J connectivity index is 1.34. The summed E-state index contributed by atoms with van der Waals surface area (Å²) in [7, 11) is 1.68. The van der Waals surface area contributed by atoms with Gasteiger partial charge in [0.1, 0.15) is 17.1 Å². The number of likely N-dealkylation sites (tertiary alicyclic amines) is 1. The Bertz CT molecular complexity index is 1310. The van der Waals surface area contributed by atoms with Crippen molar-refractivity contribution < 1.29 is 9.53 Å². The SMILES string of the molecule is COc1cc(CN2CCCC2)ccc1-c1nc2ncc(Cl)c(N[C@H]3[C@@H](C(N)=O)[C@@H]4C=C[C@@H]3C4)c2[nH]1. The lowest BCUT2D eigenvalue weighted by Crippen LogP contribution is -2.41. The van der Waals surface area contributed by atoms with Crippen molar-refractivity contribution in [2.24, 2.45) is 23.5 Å². The highest BCUT2D eigenvalue weighted by atomic mass is 35.5. The summed E-state index contributed by atoms with van der Waals surface area (Å²) >= 11 is 6.59. The number of imidazole rings is 1. The van der Waals surface area contributed by atoms with E-state index in [2.05, 4.69) is 44.5 Å². The third-order valence-corrected chi connectivity index (χ3v) is 7.99. The maximum Gasteiger partial charge on any atom is 0.223 e. The highest BCUT2D eigenvalue weighted by molar-refractivity contribution is 6.34. The smallest absolute Gasteiger partial charge is 0.223 e. The standard InChI is InChI=1S/C26H29ClN6O2/c1-35-19-10-14(13-33-8-2-3-9-33)4-7-17(19)25-31-23-22(18(27)12-29-26(23)32-25)30-21-16-6-5-15(11-16)20(21)24(28)34/h4-7,10,12,15-16,20-21H,2-3,8-9,11,13H2,1H3,(H2,28,34)(H2,29,30,31,32)/t15-,16-,20+,21-/m1/s1. The number of anilines is 1. The average molecular weight is 493 g/mol. The number of benzene rings is 1. The van der Waals surface area contributed by atoms with Crippen LogP contribution >= 0.6 is 11.6 Å². The Labute approximate surface area is 208 Å². The molecule has 6 rings (SSSR count). The number of carbonyl (C=O) groups excluding carboxylic acids is 1. The van der Waals surface area contributed by atoms with Gasteiger partial charge in [-0.2, -0.15) is 0 Å². The first-order valence-corrected chi connectivity index (χ1v) is 12.6. The fourth-order valence-corrected chi connectivity index (χ4v) is 6.20. The van der Waals surface area contributed by atoms with Crippen molar-refractivity contribution in [2.75, 3.05) is 25.5 Å². The van der Waals surface area contributed by atoms with Crippen LogP contribution in [0.5, 0.6) is 5.75 Å². The fourth-order valence-electron chi connectivity index (χ4n) is 6.00. The van der Waals surface area contributed by atoms with Crippen LogP contribution in [-0.2, 0) is 11.3 Å². The van der Waals surface area contributed by atoms with E-state index >= 15 is 0 Å². The molecule has 3 aliphatic rings. The molecule has 3 aromatic rings. The fraction of sp³-hybridized carbons (Fsp3) is 0.423. The lowest BCUT2D eigenvalue weighted by atomic mass is 9.88. The Morgan fingerprint density at radius 3 is 2.86 bits per heavy atom. The number of H-pyrrole nitrogens is 1. The molecule has 182 valence electrons. The number of allylic oxidation sites excluding steroid dienone is 1. The molecule has 1 saturated carbocycles. The number of nitrogens with zero attached hydrogens (tertiary/aromatic N) is 3.